The van der Waals surface area contributed by atoms with Crippen LogP contribution < -0.4 is 10.1 Å². The summed E-state index contributed by atoms with van der Waals surface area (Å²) in [5.41, 5.74) is 0.800. The van der Waals surface area contributed by atoms with E-state index in [4.69, 9.17) is 9.47 Å². The molecule has 1 saturated heterocycles. The summed E-state index contributed by atoms with van der Waals surface area (Å²) in [6.45, 7) is 4.31. The largest absolute Gasteiger partial charge is 0.496 e. The van der Waals surface area contributed by atoms with Gasteiger partial charge in [-0.1, -0.05) is 13.3 Å². The Bertz CT molecular complexity index is 432. The third kappa shape index (κ3) is 2.47. The van der Waals surface area contributed by atoms with Gasteiger partial charge in [0.25, 0.3) is 0 Å². The van der Waals surface area contributed by atoms with Gasteiger partial charge in [0.1, 0.15) is 11.6 Å². The van der Waals surface area contributed by atoms with Crippen LogP contribution in [0.15, 0.2) is 18.2 Å². The Labute approximate surface area is 114 Å². The molecule has 1 aliphatic heterocycles. The highest BCUT2D eigenvalue weighted by molar-refractivity contribution is 5.42. The normalized spacial score (nSPS) is 18.7. The van der Waals surface area contributed by atoms with E-state index in [0.717, 1.165) is 24.3 Å². The fourth-order valence-electron chi connectivity index (χ4n) is 2.98. The van der Waals surface area contributed by atoms with E-state index < -0.39 is 0 Å². The van der Waals surface area contributed by atoms with Crippen molar-refractivity contribution < 1.29 is 13.9 Å². The van der Waals surface area contributed by atoms with E-state index in [9.17, 15) is 4.39 Å². The minimum absolute atomic E-state index is 0.134. The summed E-state index contributed by atoms with van der Waals surface area (Å²) in [4.78, 5) is 0. The highest BCUT2D eigenvalue weighted by Gasteiger charge is 2.47. The van der Waals surface area contributed by atoms with Gasteiger partial charge >= 0.3 is 0 Å². The maximum Gasteiger partial charge on any atom is 0.123 e. The van der Waals surface area contributed by atoms with Crippen molar-refractivity contribution in [3.8, 4) is 5.75 Å². The van der Waals surface area contributed by atoms with Gasteiger partial charge in [-0.3, -0.25) is 0 Å². The molecule has 1 heterocycles. The maximum absolute atomic E-state index is 13.6. The van der Waals surface area contributed by atoms with E-state index >= 15 is 0 Å². The smallest absolute Gasteiger partial charge is 0.123 e. The van der Waals surface area contributed by atoms with E-state index in [-0.39, 0.29) is 11.2 Å². The SMILES string of the molecule is CCC(CNC)C1(c2cc(F)ccc2OC)COC1. The molecular weight excluding hydrogens is 245 g/mol. The van der Waals surface area contributed by atoms with Gasteiger partial charge in [-0.2, -0.15) is 0 Å². The first-order valence-corrected chi connectivity index (χ1v) is 6.74. The van der Waals surface area contributed by atoms with Crippen LogP contribution in [0.1, 0.15) is 18.9 Å². The van der Waals surface area contributed by atoms with Gasteiger partial charge in [0.15, 0.2) is 0 Å². The fourth-order valence-corrected chi connectivity index (χ4v) is 2.98. The standard InChI is InChI=1S/C15H22FNO2/c1-4-11(8-17-2)15(9-19-10-15)13-7-12(16)5-6-14(13)18-3/h5-7,11,17H,4,8-10H2,1-3H3. The molecule has 1 N–H and O–H groups in total. The minimum Gasteiger partial charge on any atom is -0.496 e. The number of hydrogen-bond donors (Lipinski definition) is 1. The summed E-state index contributed by atoms with van der Waals surface area (Å²) < 4.78 is 24.5. The highest BCUT2D eigenvalue weighted by Crippen LogP contribution is 2.44. The van der Waals surface area contributed by atoms with Crippen molar-refractivity contribution in [2.45, 2.75) is 18.8 Å². The third-order valence-electron chi connectivity index (χ3n) is 4.14. The molecule has 1 aromatic rings. The van der Waals surface area contributed by atoms with Crippen molar-refractivity contribution in [2.75, 3.05) is 33.9 Å². The zero-order valence-corrected chi connectivity index (χ0v) is 11.8. The highest BCUT2D eigenvalue weighted by atomic mass is 19.1. The van der Waals surface area contributed by atoms with Crippen molar-refractivity contribution >= 4 is 0 Å². The van der Waals surface area contributed by atoms with Gasteiger partial charge in [-0.25, -0.2) is 4.39 Å². The number of methoxy groups -OCH3 is 1. The van der Waals surface area contributed by atoms with E-state index in [1.807, 2.05) is 7.05 Å². The Balaban J connectivity index is 2.43. The van der Waals surface area contributed by atoms with Crippen LogP contribution in [0.3, 0.4) is 0 Å². The van der Waals surface area contributed by atoms with E-state index in [1.54, 1.807) is 19.2 Å². The van der Waals surface area contributed by atoms with Gasteiger partial charge in [-0.15, -0.1) is 0 Å². The summed E-state index contributed by atoms with van der Waals surface area (Å²) in [5, 5.41) is 3.22. The summed E-state index contributed by atoms with van der Waals surface area (Å²) in [7, 11) is 3.57. The molecule has 0 amide bonds. The second-order valence-corrected chi connectivity index (χ2v) is 5.16. The van der Waals surface area contributed by atoms with Gasteiger partial charge in [-0.05, 0) is 37.7 Å². The van der Waals surface area contributed by atoms with Crippen molar-refractivity contribution in [2.24, 2.45) is 5.92 Å². The van der Waals surface area contributed by atoms with Crippen LogP contribution in [0, 0.1) is 11.7 Å². The summed E-state index contributed by atoms with van der Waals surface area (Å²) in [6, 6.07) is 4.74. The van der Waals surface area contributed by atoms with Crippen LogP contribution in [0.5, 0.6) is 5.75 Å². The topological polar surface area (TPSA) is 30.5 Å². The van der Waals surface area contributed by atoms with Gasteiger partial charge in [0.2, 0.25) is 0 Å². The molecule has 1 unspecified atom stereocenters. The Morgan fingerprint density at radius 3 is 2.68 bits per heavy atom. The molecule has 0 spiro atoms. The second kappa shape index (κ2) is 5.88. The van der Waals surface area contributed by atoms with Crippen molar-refractivity contribution in [1.29, 1.82) is 0 Å². The number of rotatable bonds is 6. The zero-order valence-electron chi connectivity index (χ0n) is 11.8. The van der Waals surface area contributed by atoms with E-state index in [2.05, 4.69) is 12.2 Å². The zero-order chi connectivity index (χ0) is 13.9. The molecule has 3 nitrogen and oxygen atoms in total. The molecule has 0 aliphatic carbocycles. The molecule has 4 heteroatoms. The molecular formula is C15H22FNO2. The van der Waals surface area contributed by atoms with Crippen molar-refractivity contribution in [1.82, 2.24) is 5.32 Å². The lowest BCUT2D eigenvalue weighted by Gasteiger charge is -2.48. The van der Waals surface area contributed by atoms with Crippen LogP contribution in [-0.2, 0) is 10.2 Å². The van der Waals surface area contributed by atoms with Crippen LogP contribution in [-0.4, -0.2) is 33.9 Å². The minimum atomic E-state index is -0.221. The van der Waals surface area contributed by atoms with Gasteiger partial charge in [0, 0.05) is 11.0 Å². The number of benzene rings is 1. The monoisotopic (exact) mass is 267 g/mol. The summed E-state index contributed by atoms with van der Waals surface area (Å²) >= 11 is 0. The average Bonchev–Trinajstić information content (AvgIpc) is 2.36. The molecule has 106 valence electrons. The molecule has 0 bridgehead atoms. The second-order valence-electron chi connectivity index (χ2n) is 5.16. The molecule has 1 fully saturated rings. The fraction of sp³-hybridized carbons (Fsp3) is 0.600. The molecule has 1 aliphatic rings. The van der Waals surface area contributed by atoms with Gasteiger partial charge < -0.3 is 14.8 Å². The van der Waals surface area contributed by atoms with Crippen LogP contribution in [0.25, 0.3) is 0 Å². The molecule has 1 atom stereocenters. The molecule has 0 aromatic heterocycles. The average molecular weight is 267 g/mol. The van der Waals surface area contributed by atoms with E-state index in [1.165, 1.54) is 6.07 Å². The Morgan fingerprint density at radius 2 is 2.21 bits per heavy atom. The maximum atomic E-state index is 13.6. The molecule has 19 heavy (non-hydrogen) atoms. The molecule has 2 rings (SSSR count). The summed E-state index contributed by atoms with van der Waals surface area (Å²) in [6.07, 6.45) is 1.02. The lowest BCUT2D eigenvalue weighted by atomic mass is 9.67. The predicted molar refractivity (Wildman–Crippen MR) is 73.2 cm³/mol. The number of halogens is 1. The number of hydrogen-bond acceptors (Lipinski definition) is 3. The van der Waals surface area contributed by atoms with Gasteiger partial charge in [0.05, 0.1) is 20.3 Å². The lowest BCUT2D eigenvalue weighted by Crippen LogP contribution is -2.54. The molecule has 0 radical (unpaired) electrons. The Morgan fingerprint density at radius 1 is 1.47 bits per heavy atom. The number of ether oxygens (including phenoxy) is 2. The van der Waals surface area contributed by atoms with Crippen LogP contribution >= 0.6 is 0 Å². The Hall–Kier alpha value is -1.13. The first-order valence-electron chi connectivity index (χ1n) is 6.74. The van der Waals surface area contributed by atoms with E-state index in [0.29, 0.717) is 19.1 Å². The molecule has 0 saturated carbocycles. The quantitative estimate of drug-likeness (QED) is 0.858. The first-order chi connectivity index (χ1) is 9.17. The van der Waals surface area contributed by atoms with Crippen molar-refractivity contribution in [3.63, 3.8) is 0 Å². The predicted octanol–water partition coefficient (Wildman–Crippen LogP) is 2.35. The lowest BCUT2D eigenvalue weighted by molar-refractivity contribution is -0.0919. The third-order valence-corrected chi connectivity index (χ3v) is 4.14. The molecule has 1 aromatic carbocycles. The summed E-state index contributed by atoms with van der Waals surface area (Å²) in [5.74, 6) is 0.933. The Kier molecular flexibility index (Phi) is 4.42. The van der Waals surface area contributed by atoms with Crippen LogP contribution in [0.2, 0.25) is 0 Å². The van der Waals surface area contributed by atoms with Crippen molar-refractivity contribution in [3.05, 3.63) is 29.6 Å². The number of nitrogens with one attached hydrogen (secondary N) is 1. The van der Waals surface area contributed by atoms with Crippen LogP contribution in [0.4, 0.5) is 4.39 Å². The first kappa shape index (κ1) is 14.3.